The molecule has 4 rings (SSSR count). The van der Waals surface area contributed by atoms with E-state index in [-0.39, 0.29) is 11.4 Å². The van der Waals surface area contributed by atoms with E-state index in [2.05, 4.69) is 25.6 Å². The number of hydrogen-bond donors (Lipinski definition) is 2. The number of halogens is 3. The first-order valence-corrected chi connectivity index (χ1v) is 9.41. The molecule has 0 radical (unpaired) electrons. The number of thiazole rings is 1. The molecule has 0 amide bonds. The first-order valence-electron chi connectivity index (χ1n) is 8.05. The number of rotatable bonds is 5. The Morgan fingerprint density at radius 2 is 1.86 bits per heavy atom. The van der Waals surface area contributed by atoms with Crippen LogP contribution in [0.4, 0.5) is 8.78 Å². The average molecular weight is 420 g/mol. The van der Waals surface area contributed by atoms with Crippen molar-refractivity contribution in [3.63, 3.8) is 0 Å². The van der Waals surface area contributed by atoms with Crippen LogP contribution in [0.25, 0.3) is 22.0 Å². The molecule has 2 aromatic heterocycles. The smallest absolute Gasteiger partial charge is 0.204 e. The number of nitrogens with zero attached hydrogens (tertiary/aromatic N) is 4. The summed E-state index contributed by atoms with van der Waals surface area (Å²) in [5, 5.41) is 25.4. The van der Waals surface area contributed by atoms with Crippen molar-refractivity contribution >= 4 is 22.9 Å². The van der Waals surface area contributed by atoms with E-state index >= 15 is 0 Å². The number of tetrazole rings is 1. The Bertz CT molecular complexity index is 1100. The molecule has 1 atom stereocenters. The molecule has 6 nitrogen and oxygen atoms in total. The standard InChI is InChI=1S/C18H12ClF2N5OS/c19-9-18(27,13-6-5-12(20)7-14(13)21)15-8-22-17(28-15)11-3-1-10(2-4-11)16-23-25-26-24-16/h1-8,27H,9H2,(H,23,24,25,26). The third-order valence-corrected chi connectivity index (χ3v) is 5.80. The zero-order valence-corrected chi connectivity index (χ0v) is 15.7. The molecule has 0 aliphatic rings. The fraction of sp³-hybridized carbons (Fsp3) is 0.111. The van der Waals surface area contributed by atoms with Gasteiger partial charge in [0.1, 0.15) is 22.2 Å². The molecule has 2 heterocycles. The van der Waals surface area contributed by atoms with Crippen molar-refractivity contribution in [1.82, 2.24) is 25.6 Å². The summed E-state index contributed by atoms with van der Waals surface area (Å²) in [6, 6.07) is 10.3. The molecule has 0 fully saturated rings. The molecule has 0 aliphatic heterocycles. The van der Waals surface area contributed by atoms with Crippen molar-refractivity contribution in [3.8, 4) is 22.0 Å². The Hall–Kier alpha value is -2.75. The van der Waals surface area contributed by atoms with Gasteiger partial charge in [-0.05, 0) is 17.3 Å². The molecule has 4 aromatic rings. The van der Waals surface area contributed by atoms with Gasteiger partial charge < -0.3 is 5.11 Å². The minimum absolute atomic E-state index is 0.105. The highest BCUT2D eigenvalue weighted by Crippen LogP contribution is 2.38. The Labute approximate surface area is 166 Å². The van der Waals surface area contributed by atoms with Crippen LogP contribution in [0.3, 0.4) is 0 Å². The number of nitrogens with one attached hydrogen (secondary N) is 1. The van der Waals surface area contributed by atoms with Crippen LogP contribution in [0.2, 0.25) is 0 Å². The number of hydrogen-bond acceptors (Lipinski definition) is 6. The van der Waals surface area contributed by atoms with Crippen LogP contribution in [0.15, 0.2) is 48.7 Å². The zero-order chi connectivity index (χ0) is 19.7. The Morgan fingerprint density at radius 1 is 1.11 bits per heavy atom. The SMILES string of the molecule is OC(CCl)(c1cnc(-c2ccc(-c3nn[nH]n3)cc2)s1)c1ccc(F)cc1F. The molecule has 10 heteroatoms. The summed E-state index contributed by atoms with van der Waals surface area (Å²) in [4.78, 5) is 4.67. The van der Waals surface area contributed by atoms with E-state index in [1.165, 1.54) is 23.6 Å². The quantitative estimate of drug-likeness (QED) is 0.481. The van der Waals surface area contributed by atoms with Crippen molar-refractivity contribution in [3.05, 3.63) is 70.7 Å². The van der Waals surface area contributed by atoms with Gasteiger partial charge >= 0.3 is 0 Å². The van der Waals surface area contributed by atoms with Crippen molar-refractivity contribution in [2.45, 2.75) is 5.60 Å². The topological polar surface area (TPSA) is 87.6 Å². The third kappa shape index (κ3) is 3.28. The number of aliphatic hydroxyl groups is 1. The first kappa shape index (κ1) is 18.6. The molecule has 142 valence electrons. The van der Waals surface area contributed by atoms with Gasteiger partial charge in [0.15, 0.2) is 0 Å². The maximum absolute atomic E-state index is 14.2. The van der Waals surface area contributed by atoms with E-state index in [0.29, 0.717) is 21.8 Å². The summed E-state index contributed by atoms with van der Waals surface area (Å²) in [6.07, 6.45) is 1.44. The lowest BCUT2D eigenvalue weighted by atomic mass is 9.94. The van der Waals surface area contributed by atoms with Gasteiger partial charge in [0.25, 0.3) is 0 Å². The third-order valence-electron chi connectivity index (χ3n) is 4.22. The van der Waals surface area contributed by atoms with E-state index in [1.807, 2.05) is 24.3 Å². The zero-order valence-electron chi connectivity index (χ0n) is 14.1. The fourth-order valence-electron chi connectivity index (χ4n) is 2.74. The molecule has 2 N–H and O–H groups in total. The van der Waals surface area contributed by atoms with Gasteiger partial charge in [-0.3, -0.25) is 0 Å². The second kappa shape index (κ2) is 7.34. The number of aromatic amines is 1. The molecular formula is C18H12ClF2N5OS. The molecule has 0 saturated heterocycles. The van der Waals surface area contributed by atoms with E-state index in [4.69, 9.17) is 11.6 Å². The summed E-state index contributed by atoms with van der Waals surface area (Å²) in [5.41, 5.74) is -0.355. The summed E-state index contributed by atoms with van der Waals surface area (Å²) in [5.74, 6) is -1.45. The molecule has 0 spiro atoms. The highest BCUT2D eigenvalue weighted by molar-refractivity contribution is 7.15. The molecule has 0 aliphatic carbocycles. The van der Waals surface area contributed by atoms with Gasteiger partial charge in [0, 0.05) is 29.0 Å². The van der Waals surface area contributed by atoms with Crippen molar-refractivity contribution in [1.29, 1.82) is 0 Å². The van der Waals surface area contributed by atoms with Crippen LogP contribution in [-0.4, -0.2) is 36.6 Å². The van der Waals surface area contributed by atoms with E-state index < -0.39 is 17.2 Å². The molecule has 0 saturated carbocycles. The Kier molecular flexibility index (Phi) is 4.88. The average Bonchev–Trinajstić information content (AvgIpc) is 3.40. The van der Waals surface area contributed by atoms with Crippen LogP contribution < -0.4 is 0 Å². The number of alkyl halides is 1. The first-order chi connectivity index (χ1) is 13.5. The lowest BCUT2D eigenvalue weighted by Crippen LogP contribution is -2.29. The van der Waals surface area contributed by atoms with Crippen molar-refractivity contribution in [2.24, 2.45) is 0 Å². The van der Waals surface area contributed by atoms with Gasteiger partial charge in [-0.1, -0.05) is 24.3 Å². The van der Waals surface area contributed by atoms with Crippen LogP contribution in [0, 0.1) is 11.6 Å². The summed E-state index contributed by atoms with van der Waals surface area (Å²) in [6.45, 7) is 0. The molecule has 1 unspecified atom stereocenters. The number of H-pyrrole nitrogens is 1. The Morgan fingerprint density at radius 3 is 2.50 bits per heavy atom. The number of benzene rings is 2. The van der Waals surface area contributed by atoms with Crippen molar-refractivity contribution < 1.29 is 13.9 Å². The normalized spacial score (nSPS) is 13.4. The predicted octanol–water partition coefficient (Wildman–Crippen LogP) is 3.74. The van der Waals surface area contributed by atoms with Crippen molar-refractivity contribution in [2.75, 3.05) is 5.88 Å². The van der Waals surface area contributed by atoms with Crippen LogP contribution >= 0.6 is 22.9 Å². The summed E-state index contributed by atoms with van der Waals surface area (Å²) < 4.78 is 27.5. The molecule has 2 aromatic carbocycles. The fourth-order valence-corrected chi connectivity index (χ4v) is 4.13. The van der Waals surface area contributed by atoms with Gasteiger partial charge in [0.2, 0.25) is 5.82 Å². The summed E-state index contributed by atoms with van der Waals surface area (Å²) >= 11 is 7.14. The van der Waals surface area contributed by atoms with Gasteiger partial charge in [-0.15, -0.1) is 33.1 Å². The molecule has 0 bridgehead atoms. The van der Waals surface area contributed by atoms with Gasteiger partial charge in [-0.25, -0.2) is 13.8 Å². The maximum Gasteiger partial charge on any atom is 0.204 e. The van der Waals surface area contributed by atoms with Gasteiger partial charge in [0.05, 0.1) is 10.8 Å². The highest BCUT2D eigenvalue weighted by Gasteiger charge is 2.36. The van der Waals surface area contributed by atoms with E-state index in [0.717, 1.165) is 17.2 Å². The summed E-state index contributed by atoms with van der Waals surface area (Å²) in [7, 11) is 0. The molecule has 28 heavy (non-hydrogen) atoms. The molecular weight excluding hydrogens is 408 g/mol. The van der Waals surface area contributed by atoms with Crippen LogP contribution in [0.1, 0.15) is 10.4 Å². The lowest BCUT2D eigenvalue weighted by Gasteiger charge is -2.25. The second-order valence-electron chi connectivity index (χ2n) is 5.96. The van der Waals surface area contributed by atoms with Crippen LogP contribution in [-0.2, 0) is 5.60 Å². The highest BCUT2D eigenvalue weighted by atomic mass is 35.5. The maximum atomic E-state index is 14.2. The monoisotopic (exact) mass is 419 g/mol. The predicted molar refractivity (Wildman–Crippen MR) is 101 cm³/mol. The van der Waals surface area contributed by atoms with E-state index in [1.54, 1.807) is 0 Å². The minimum atomic E-state index is -1.82. The van der Waals surface area contributed by atoms with E-state index in [9.17, 15) is 13.9 Å². The largest absolute Gasteiger partial charge is 0.378 e. The second-order valence-corrected chi connectivity index (χ2v) is 7.26. The van der Waals surface area contributed by atoms with Gasteiger partial charge in [-0.2, -0.15) is 5.21 Å². The Balaban J connectivity index is 1.67. The number of aromatic nitrogens is 5. The lowest BCUT2D eigenvalue weighted by molar-refractivity contribution is 0.105. The minimum Gasteiger partial charge on any atom is -0.378 e. The van der Waals surface area contributed by atoms with Crippen LogP contribution in [0.5, 0.6) is 0 Å².